The zero-order valence-corrected chi connectivity index (χ0v) is 17.2. The van der Waals surface area contributed by atoms with Crippen LogP contribution in [-0.4, -0.2) is 26.8 Å². The Morgan fingerprint density at radius 2 is 2.18 bits per heavy atom. The number of allylic oxidation sites excluding steroid dienone is 1. The number of rotatable bonds is 7. The molecule has 1 N–H and O–H groups in total. The summed E-state index contributed by atoms with van der Waals surface area (Å²) < 4.78 is 10.1. The van der Waals surface area contributed by atoms with Gasteiger partial charge in [-0.15, -0.1) is 6.58 Å². The summed E-state index contributed by atoms with van der Waals surface area (Å²) in [5, 5.41) is 8.79. The first-order valence-corrected chi connectivity index (χ1v) is 9.97. The van der Waals surface area contributed by atoms with Crippen LogP contribution in [0.25, 0.3) is 22.0 Å². The van der Waals surface area contributed by atoms with Crippen LogP contribution >= 0.6 is 15.9 Å². The molecule has 0 aliphatic heterocycles. The van der Waals surface area contributed by atoms with Gasteiger partial charge in [0.25, 0.3) is 5.91 Å². The predicted octanol–water partition coefficient (Wildman–Crippen LogP) is 4.66. The summed E-state index contributed by atoms with van der Waals surface area (Å²) in [6.07, 6.45) is 2.56. The molecule has 3 heterocycles. The average molecular weight is 441 g/mol. The molecule has 0 saturated heterocycles. The van der Waals surface area contributed by atoms with Crippen LogP contribution in [0, 0.1) is 6.92 Å². The van der Waals surface area contributed by atoms with Crippen LogP contribution in [0.5, 0.6) is 0 Å². The van der Waals surface area contributed by atoms with Gasteiger partial charge in [0.05, 0.1) is 11.0 Å². The van der Waals surface area contributed by atoms with Gasteiger partial charge in [-0.1, -0.05) is 24.3 Å². The van der Waals surface area contributed by atoms with Crippen LogP contribution in [-0.2, 0) is 13.1 Å². The Hall–Kier alpha value is -2.80. The maximum Gasteiger partial charge on any atom is 0.268 e. The third-order valence-corrected chi connectivity index (χ3v) is 5.24. The lowest BCUT2D eigenvalue weighted by atomic mass is 10.2. The lowest BCUT2D eigenvalue weighted by molar-refractivity contribution is 0.0944. The molecule has 0 unspecified atom stereocenters. The number of fused-ring (bicyclic) bond motifs is 2. The molecule has 4 rings (SSSR count). The van der Waals surface area contributed by atoms with Crippen molar-refractivity contribution in [1.29, 1.82) is 0 Å². The fraction of sp³-hybridized carbons (Fsp3) is 0.238. The Morgan fingerprint density at radius 1 is 1.36 bits per heavy atom. The quantitative estimate of drug-likeness (QED) is 0.335. The molecule has 6 nitrogen and oxygen atoms in total. The molecule has 0 radical (unpaired) electrons. The molecule has 0 aliphatic rings. The number of furan rings is 1. The maximum absolute atomic E-state index is 12.7. The minimum atomic E-state index is -0.119. The summed E-state index contributed by atoms with van der Waals surface area (Å²) in [6.45, 7) is 7.71. The number of amides is 1. The molecule has 4 aromatic rings. The summed E-state index contributed by atoms with van der Waals surface area (Å²) in [7, 11) is 0. The van der Waals surface area contributed by atoms with E-state index in [0.29, 0.717) is 29.0 Å². The molecule has 0 spiro atoms. The summed E-state index contributed by atoms with van der Waals surface area (Å²) in [6, 6.07) is 11.7. The van der Waals surface area contributed by atoms with Crippen molar-refractivity contribution >= 4 is 43.8 Å². The molecular weight excluding hydrogens is 420 g/mol. The van der Waals surface area contributed by atoms with E-state index in [1.807, 2.05) is 33.5 Å². The average Bonchev–Trinajstić information content (AvgIpc) is 3.31. The van der Waals surface area contributed by atoms with Crippen molar-refractivity contribution in [3.8, 4) is 0 Å². The molecule has 0 saturated carbocycles. The Balaban J connectivity index is 1.41. The normalized spacial score (nSPS) is 11.4. The number of benzene rings is 1. The highest BCUT2D eigenvalue weighted by atomic mass is 79.9. The van der Waals surface area contributed by atoms with Gasteiger partial charge in [-0.2, -0.15) is 5.10 Å². The van der Waals surface area contributed by atoms with Gasteiger partial charge in [0.2, 0.25) is 0 Å². The second-order valence-corrected chi connectivity index (χ2v) is 7.45. The zero-order chi connectivity index (χ0) is 19.7. The summed E-state index contributed by atoms with van der Waals surface area (Å²) >= 11 is 3.33. The molecule has 3 aromatic heterocycles. The Morgan fingerprint density at radius 3 is 2.96 bits per heavy atom. The van der Waals surface area contributed by atoms with E-state index in [9.17, 15) is 4.79 Å². The van der Waals surface area contributed by atoms with Gasteiger partial charge >= 0.3 is 0 Å². The zero-order valence-electron chi connectivity index (χ0n) is 15.6. The first-order valence-electron chi connectivity index (χ1n) is 9.18. The van der Waals surface area contributed by atoms with Crippen molar-refractivity contribution in [3.05, 3.63) is 65.1 Å². The van der Waals surface area contributed by atoms with Gasteiger partial charge in [0.15, 0.2) is 10.3 Å². The summed E-state index contributed by atoms with van der Waals surface area (Å²) in [4.78, 5) is 12.7. The van der Waals surface area contributed by atoms with Crippen LogP contribution in [0.2, 0.25) is 0 Å². The van der Waals surface area contributed by atoms with Gasteiger partial charge < -0.3 is 14.3 Å². The minimum absolute atomic E-state index is 0.119. The number of nitrogens with zero attached hydrogens (tertiary/aromatic N) is 3. The Bertz CT molecular complexity index is 1170. The lowest BCUT2D eigenvalue weighted by Gasteiger charge is -2.09. The second-order valence-electron chi connectivity index (χ2n) is 6.66. The van der Waals surface area contributed by atoms with Gasteiger partial charge in [0, 0.05) is 42.8 Å². The van der Waals surface area contributed by atoms with E-state index in [1.54, 1.807) is 12.1 Å². The number of hydrogen-bond acceptors (Lipinski definition) is 3. The fourth-order valence-corrected chi connectivity index (χ4v) is 3.87. The van der Waals surface area contributed by atoms with Gasteiger partial charge in [-0.05, 0) is 35.3 Å². The predicted molar refractivity (Wildman–Crippen MR) is 114 cm³/mol. The van der Waals surface area contributed by atoms with Gasteiger partial charge in [0.1, 0.15) is 5.69 Å². The van der Waals surface area contributed by atoms with E-state index in [1.165, 1.54) is 5.39 Å². The molecule has 0 fully saturated rings. The van der Waals surface area contributed by atoms with E-state index < -0.39 is 0 Å². The minimum Gasteiger partial charge on any atom is -0.448 e. The number of carbonyl (C=O) groups is 1. The van der Waals surface area contributed by atoms with Crippen molar-refractivity contribution in [3.63, 3.8) is 0 Å². The Labute approximate surface area is 170 Å². The second kappa shape index (κ2) is 7.67. The van der Waals surface area contributed by atoms with Gasteiger partial charge in [-0.3, -0.25) is 9.48 Å². The standard InChI is InChI=1S/C21H21BrN4O2/c1-3-10-25-17-13-20(22)28-19(17)12-18(25)21(27)23-9-6-11-26-14(2)15-7-4-5-8-16(15)24-26/h3-5,7-8,12-13H,1,6,9-11H2,2H3,(H,23,27). The number of nitrogens with one attached hydrogen (secondary N) is 1. The van der Waals surface area contributed by atoms with Gasteiger partial charge in [-0.25, -0.2) is 0 Å². The number of hydrogen-bond donors (Lipinski definition) is 1. The molecule has 1 amide bonds. The molecule has 7 heteroatoms. The molecule has 0 aliphatic carbocycles. The highest BCUT2D eigenvalue weighted by molar-refractivity contribution is 9.10. The van der Waals surface area contributed by atoms with Crippen LogP contribution in [0.4, 0.5) is 0 Å². The molecule has 28 heavy (non-hydrogen) atoms. The van der Waals surface area contributed by atoms with E-state index in [0.717, 1.165) is 29.7 Å². The van der Waals surface area contributed by atoms with Crippen molar-refractivity contribution < 1.29 is 9.21 Å². The maximum atomic E-state index is 12.7. The topological polar surface area (TPSA) is 65.0 Å². The van der Waals surface area contributed by atoms with Crippen LogP contribution < -0.4 is 5.32 Å². The number of carbonyl (C=O) groups excluding carboxylic acids is 1. The Kier molecular flexibility index (Phi) is 5.09. The highest BCUT2D eigenvalue weighted by Gasteiger charge is 2.17. The fourth-order valence-electron chi connectivity index (χ4n) is 3.48. The van der Waals surface area contributed by atoms with Crippen molar-refractivity contribution in [2.24, 2.45) is 0 Å². The SMILES string of the molecule is C=CCn1c(C(=O)NCCCn2nc3ccccc3c2C)cc2oc(Br)cc21. The molecule has 0 bridgehead atoms. The molecule has 144 valence electrons. The summed E-state index contributed by atoms with van der Waals surface area (Å²) in [5.41, 5.74) is 4.27. The molecule has 1 aromatic carbocycles. The van der Waals surface area contributed by atoms with Crippen LogP contribution in [0.1, 0.15) is 22.6 Å². The summed E-state index contributed by atoms with van der Waals surface area (Å²) in [5.74, 6) is -0.119. The number of aryl methyl sites for hydroxylation is 2. The number of aromatic nitrogens is 3. The highest BCUT2D eigenvalue weighted by Crippen LogP contribution is 2.27. The third-order valence-electron chi connectivity index (χ3n) is 4.85. The van der Waals surface area contributed by atoms with E-state index >= 15 is 0 Å². The van der Waals surface area contributed by atoms with E-state index in [2.05, 4.69) is 45.9 Å². The van der Waals surface area contributed by atoms with Crippen molar-refractivity contribution in [2.45, 2.75) is 26.4 Å². The first-order chi connectivity index (χ1) is 13.6. The van der Waals surface area contributed by atoms with Crippen LogP contribution in [0.15, 0.2) is 58.1 Å². The van der Waals surface area contributed by atoms with E-state index in [-0.39, 0.29) is 5.91 Å². The molecule has 0 atom stereocenters. The third kappa shape index (κ3) is 3.38. The van der Waals surface area contributed by atoms with Crippen molar-refractivity contribution in [1.82, 2.24) is 19.7 Å². The number of halogens is 1. The van der Waals surface area contributed by atoms with E-state index in [4.69, 9.17) is 4.42 Å². The van der Waals surface area contributed by atoms with Crippen LogP contribution in [0.3, 0.4) is 0 Å². The smallest absolute Gasteiger partial charge is 0.268 e. The molecular formula is C21H21BrN4O2. The monoisotopic (exact) mass is 440 g/mol. The van der Waals surface area contributed by atoms with Crippen molar-refractivity contribution in [2.75, 3.05) is 6.54 Å². The lowest BCUT2D eigenvalue weighted by Crippen LogP contribution is -2.27. The first kappa shape index (κ1) is 18.6. The largest absolute Gasteiger partial charge is 0.448 e.